The van der Waals surface area contributed by atoms with Gasteiger partial charge in [0.15, 0.2) is 0 Å². The minimum absolute atomic E-state index is 0.00474. The van der Waals surface area contributed by atoms with Gasteiger partial charge in [-0.15, -0.1) is 0 Å². The highest BCUT2D eigenvalue weighted by Crippen LogP contribution is 2.27. The molecule has 0 aromatic heterocycles. The second-order valence-corrected chi connectivity index (χ2v) is 7.75. The van der Waals surface area contributed by atoms with Gasteiger partial charge in [-0.1, -0.05) is 6.07 Å². The molecule has 28 heavy (non-hydrogen) atoms. The van der Waals surface area contributed by atoms with Crippen molar-refractivity contribution in [2.24, 2.45) is 5.92 Å². The van der Waals surface area contributed by atoms with Crippen molar-refractivity contribution in [2.75, 3.05) is 31.1 Å². The Hall–Kier alpha value is -2.82. The summed E-state index contributed by atoms with van der Waals surface area (Å²) in [4.78, 5) is 25.9. The summed E-state index contributed by atoms with van der Waals surface area (Å²) >= 11 is 0. The highest BCUT2D eigenvalue weighted by molar-refractivity contribution is 5.80. The van der Waals surface area contributed by atoms with E-state index in [0.29, 0.717) is 18.8 Å². The number of carbonyl (C=O) groups is 2. The molecule has 1 aliphatic rings. The van der Waals surface area contributed by atoms with E-state index in [4.69, 9.17) is 4.74 Å². The van der Waals surface area contributed by atoms with E-state index in [-0.39, 0.29) is 30.5 Å². The average Bonchev–Trinajstić information content (AvgIpc) is 2.63. The molecule has 1 aromatic rings. The van der Waals surface area contributed by atoms with Gasteiger partial charge in [-0.25, -0.2) is 9.18 Å². The number of hydrogen-bond donors (Lipinski definition) is 2. The lowest BCUT2D eigenvalue weighted by Gasteiger charge is -2.34. The van der Waals surface area contributed by atoms with E-state index in [1.165, 1.54) is 6.07 Å². The molecule has 1 atom stereocenters. The molecule has 0 radical (unpaired) electrons. The second kappa shape index (κ2) is 9.40. The number of ether oxygens (including phenoxy) is 1. The van der Waals surface area contributed by atoms with E-state index >= 15 is 0 Å². The number of nitrogens with zero attached hydrogens (tertiary/aromatic N) is 2. The summed E-state index contributed by atoms with van der Waals surface area (Å²) in [5.74, 6) is -0.935. The molecule has 0 spiro atoms. The first-order valence-corrected chi connectivity index (χ1v) is 9.39. The number of carbonyl (C=O) groups excluding carboxylic acids is 2. The van der Waals surface area contributed by atoms with Gasteiger partial charge >= 0.3 is 6.09 Å². The largest absolute Gasteiger partial charge is 0.444 e. The van der Waals surface area contributed by atoms with Gasteiger partial charge in [-0.05, 0) is 45.7 Å². The molecular weight excluding hydrogens is 363 g/mol. The van der Waals surface area contributed by atoms with Crippen LogP contribution in [0.1, 0.15) is 39.2 Å². The number of alkyl carbamates (subject to hydrolysis) is 1. The van der Waals surface area contributed by atoms with E-state index in [1.807, 2.05) is 11.0 Å². The summed E-state index contributed by atoms with van der Waals surface area (Å²) in [5.41, 5.74) is -0.0466. The molecule has 1 saturated heterocycles. The third-order valence-electron chi connectivity index (χ3n) is 4.33. The first kappa shape index (κ1) is 21.5. The second-order valence-electron chi connectivity index (χ2n) is 7.75. The Labute approximate surface area is 164 Å². The lowest BCUT2D eigenvalue weighted by atomic mass is 9.96. The van der Waals surface area contributed by atoms with Crippen LogP contribution >= 0.6 is 0 Å². The van der Waals surface area contributed by atoms with E-state index < -0.39 is 17.5 Å². The fourth-order valence-electron chi connectivity index (χ4n) is 3.11. The molecule has 0 bridgehead atoms. The summed E-state index contributed by atoms with van der Waals surface area (Å²) in [7, 11) is 0. The van der Waals surface area contributed by atoms with E-state index in [2.05, 4.69) is 10.6 Å². The van der Waals surface area contributed by atoms with Crippen LogP contribution in [0.25, 0.3) is 0 Å². The van der Waals surface area contributed by atoms with Crippen molar-refractivity contribution in [3.63, 3.8) is 0 Å². The van der Waals surface area contributed by atoms with Crippen molar-refractivity contribution in [2.45, 2.75) is 39.2 Å². The zero-order chi connectivity index (χ0) is 20.7. The average molecular weight is 390 g/mol. The molecule has 8 heteroatoms. The first-order valence-electron chi connectivity index (χ1n) is 9.39. The molecule has 2 rings (SSSR count). The van der Waals surface area contributed by atoms with Gasteiger partial charge in [0.2, 0.25) is 5.91 Å². The summed E-state index contributed by atoms with van der Waals surface area (Å²) in [5, 5.41) is 14.6. The first-order chi connectivity index (χ1) is 13.2. The van der Waals surface area contributed by atoms with Crippen LogP contribution in [0.5, 0.6) is 0 Å². The molecule has 1 aromatic carbocycles. The zero-order valence-electron chi connectivity index (χ0n) is 16.5. The maximum absolute atomic E-state index is 13.9. The Balaban J connectivity index is 1.84. The summed E-state index contributed by atoms with van der Waals surface area (Å²) in [6.45, 7) is 6.97. The smallest absolute Gasteiger partial charge is 0.407 e. The number of anilines is 1. The maximum atomic E-state index is 13.9. The molecule has 1 unspecified atom stereocenters. The summed E-state index contributed by atoms with van der Waals surface area (Å²) in [6.07, 6.45) is 0.968. The number of halogens is 1. The summed E-state index contributed by atoms with van der Waals surface area (Å²) < 4.78 is 19.0. The molecule has 1 heterocycles. The van der Waals surface area contributed by atoms with Gasteiger partial charge in [0.05, 0.1) is 11.6 Å². The fraction of sp³-hybridized carbons (Fsp3) is 0.550. The van der Waals surface area contributed by atoms with Crippen LogP contribution in [0.15, 0.2) is 18.2 Å². The van der Waals surface area contributed by atoms with Gasteiger partial charge in [-0.2, -0.15) is 5.26 Å². The quantitative estimate of drug-likeness (QED) is 0.754. The van der Waals surface area contributed by atoms with Crippen LogP contribution < -0.4 is 15.5 Å². The van der Waals surface area contributed by atoms with Crippen molar-refractivity contribution < 1.29 is 18.7 Å². The molecule has 2 amide bonds. The predicted octanol–water partition coefficient (Wildman–Crippen LogP) is 2.55. The van der Waals surface area contributed by atoms with Crippen molar-refractivity contribution in [3.8, 4) is 6.07 Å². The number of amides is 2. The van der Waals surface area contributed by atoms with E-state index in [9.17, 15) is 19.2 Å². The minimum atomic E-state index is -0.571. The molecule has 0 aliphatic carbocycles. The van der Waals surface area contributed by atoms with Gasteiger partial charge in [0.1, 0.15) is 23.1 Å². The number of nitriles is 1. The Morgan fingerprint density at radius 2 is 2.04 bits per heavy atom. The third kappa shape index (κ3) is 6.12. The Bertz CT molecular complexity index is 755. The van der Waals surface area contributed by atoms with Crippen molar-refractivity contribution >= 4 is 17.7 Å². The molecular formula is C20H27FN4O3. The van der Waals surface area contributed by atoms with Crippen LogP contribution in [-0.4, -0.2) is 43.8 Å². The standard InChI is InChI=1S/C20H27FN4O3/c1-20(2,3)28-19(27)24-10-9-23-18(26)14-6-5-11-25(13-14)17-8-4-7-16(21)15(17)12-22/h4,7-8,14H,5-6,9-11,13H2,1-3H3,(H,23,26)(H,24,27). The number of nitrogens with one attached hydrogen (secondary N) is 2. The molecule has 2 N–H and O–H groups in total. The van der Waals surface area contributed by atoms with Crippen LogP contribution in [0.2, 0.25) is 0 Å². The fourth-order valence-corrected chi connectivity index (χ4v) is 3.11. The normalized spacial score (nSPS) is 16.8. The SMILES string of the molecule is CC(C)(C)OC(=O)NCCNC(=O)C1CCCN(c2cccc(F)c2C#N)C1. The number of hydrogen-bond acceptors (Lipinski definition) is 5. The highest BCUT2D eigenvalue weighted by Gasteiger charge is 2.27. The minimum Gasteiger partial charge on any atom is -0.444 e. The van der Waals surface area contributed by atoms with Gasteiger partial charge in [0.25, 0.3) is 0 Å². The van der Waals surface area contributed by atoms with Crippen LogP contribution in [0.4, 0.5) is 14.9 Å². The van der Waals surface area contributed by atoms with Crippen molar-refractivity contribution in [1.82, 2.24) is 10.6 Å². The highest BCUT2D eigenvalue weighted by atomic mass is 19.1. The maximum Gasteiger partial charge on any atom is 0.407 e. The van der Waals surface area contributed by atoms with Crippen LogP contribution in [-0.2, 0) is 9.53 Å². The third-order valence-corrected chi connectivity index (χ3v) is 4.33. The van der Waals surface area contributed by atoms with Crippen molar-refractivity contribution in [1.29, 1.82) is 5.26 Å². The van der Waals surface area contributed by atoms with Crippen LogP contribution in [0.3, 0.4) is 0 Å². The predicted molar refractivity (Wildman–Crippen MR) is 103 cm³/mol. The van der Waals surface area contributed by atoms with Gasteiger partial charge < -0.3 is 20.3 Å². The Morgan fingerprint density at radius 3 is 2.71 bits per heavy atom. The zero-order valence-corrected chi connectivity index (χ0v) is 16.5. The monoisotopic (exact) mass is 390 g/mol. The number of rotatable bonds is 5. The molecule has 7 nitrogen and oxygen atoms in total. The van der Waals surface area contributed by atoms with E-state index in [1.54, 1.807) is 32.9 Å². The topological polar surface area (TPSA) is 94.5 Å². The molecule has 152 valence electrons. The molecule has 0 saturated carbocycles. The van der Waals surface area contributed by atoms with Gasteiger partial charge in [0, 0.05) is 26.2 Å². The number of piperidine rings is 1. The van der Waals surface area contributed by atoms with Gasteiger partial charge in [-0.3, -0.25) is 4.79 Å². The Kier molecular flexibility index (Phi) is 7.21. The van der Waals surface area contributed by atoms with Crippen LogP contribution in [0, 0.1) is 23.1 Å². The number of benzene rings is 1. The lowest BCUT2D eigenvalue weighted by molar-refractivity contribution is -0.125. The molecule has 1 fully saturated rings. The van der Waals surface area contributed by atoms with E-state index in [0.717, 1.165) is 12.8 Å². The van der Waals surface area contributed by atoms with Crippen molar-refractivity contribution in [3.05, 3.63) is 29.6 Å². The summed E-state index contributed by atoms with van der Waals surface area (Å²) in [6, 6.07) is 6.43. The lowest BCUT2D eigenvalue weighted by Crippen LogP contribution is -2.45. The molecule has 1 aliphatic heterocycles. The Morgan fingerprint density at radius 1 is 1.32 bits per heavy atom.